The standard InChI is InChI=1S/C22H25N9O2S/c1-13-10-25-17(11-24-13)14(2)15(3)34-30-22-29-28-19(16-8-6-7-9-23-16)31(22)18-20(32-4)26-12-27-21(18)33-5/h6-12,14-15H,1-5H3,(H,29,30)/t14?,15-/m0/s1. The molecule has 0 amide bonds. The highest BCUT2D eigenvalue weighted by Crippen LogP contribution is 2.36. The lowest BCUT2D eigenvalue weighted by Gasteiger charge is -2.20. The fourth-order valence-corrected chi connectivity index (χ4v) is 3.95. The van der Waals surface area contributed by atoms with E-state index in [0.717, 1.165) is 11.4 Å². The van der Waals surface area contributed by atoms with E-state index < -0.39 is 0 Å². The molecule has 11 nitrogen and oxygen atoms in total. The van der Waals surface area contributed by atoms with Crippen LogP contribution in [0.3, 0.4) is 0 Å². The predicted octanol–water partition coefficient (Wildman–Crippen LogP) is 3.49. The molecule has 12 heteroatoms. The topological polar surface area (TPSA) is 126 Å². The Morgan fingerprint density at radius 1 is 0.941 bits per heavy atom. The second kappa shape index (κ2) is 10.4. The van der Waals surface area contributed by atoms with Crippen molar-refractivity contribution in [1.29, 1.82) is 0 Å². The van der Waals surface area contributed by atoms with E-state index >= 15 is 0 Å². The van der Waals surface area contributed by atoms with Crippen molar-refractivity contribution in [2.75, 3.05) is 18.9 Å². The summed E-state index contributed by atoms with van der Waals surface area (Å²) in [7, 11) is 3.06. The number of hydrogen-bond donors (Lipinski definition) is 1. The largest absolute Gasteiger partial charge is 0.479 e. The Hall–Kier alpha value is -3.80. The molecule has 0 aliphatic rings. The highest BCUT2D eigenvalue weighted by molar-refractivity contribution is 8.01. The number of aromatic nitrogens is 8. The van der Waals surface area contributed by atoms with Gasteiger partial charge in [-0.1, -0.05) is 19.9 Å². The fourth-order valence-electron chi connectivity index (χ4n) is 3.19. The van der Waals surface area contributed by atoms with Crippen molar-refractivity contribution in [3.8, 4) is 29.0 Å². The zero-order valence-corrected chi connectivity index (χ0v) is 20.3. The summed E-state index contributed by atoms with van der Waals surface area (Å²) in [4.78, 5) is 21.8. The van der Waals surface area contributed by atoms with Crippen molar-refractivity contribution >= 4 is 17.9 Å². The minimum absolute atomic E-state index is 0.135. The van der Waals surface area contributed by atoms with Gasteiger partial charge in [0.1, 0.15) is 12.0 Å². The van der Waals surface area contributed by atoms with Crippen LogP contribution in [0.2, 0.25) is 0 Å². The van der Waals surface area contributed by atoms with Crippen molar-refractivity contribution < 1.29 is 9.47 Å². The van der Waals surface area contributed by atoms with Gasteiger partial charge in [0.25, 0.3) is 0 Å². The Balaban J connectivity index is 1.70. The number of nitrogens with one attached hydrogen (secondary N) is 1. The molecule has 1 unspecified atom stereocenters. The van der Waals surface area contributed by atoms with Crippen LogP contribution in [0, 0.1) is 6.92 Å². The molecule has 0 spiro atoms. The smallest absolute Gasteiger partial charge is 0.245 e. The van der Waals surface area contributed by atoms with Crippen LogP contribution in [0.15, 0.2) is 43.1 Å². The number of aryl methyl sites for hydroxylation is 1. The van der Waals surface area contributed by atoms with E-state index in [-0.39, 0.29) is 11.2 Å². The second-order valence-corrected chi connectivity index (χ2v) is 8.62. The molecule has 0 bridgehead atoms. The molecule has 0 saturated heterocycles. The zero-order chi connectivity index (χ0) is 24.1. The van der Waals surface area contributed by atoms with Gasteiger partial charge in [-0.25, -0.2) is 4.57 Å². The molecule has 4 aromatic rings. The predicted molar refractivity (Wildman–Crippen MR) is 129 cm³/mol. The first-order valence-corrected chi connectivity index (χ1v) is 11.4. The van der Waals surface area contributed by atoms with Gasteiger partial charge >= 0.3 is 0 Å². The maximum Gasteiger partial charge on any atom is 0.245 e. The van der Waals surface area contributed by atoms with Gasteiger partial charge in [0, 0.05) is 29.8 Å². The number of nitrogens with zero attached hydrogens (tertiary/aromatic N) is 8. The van der Waals surface area contributed by atoms with Crippen molar-refractivity contribution in [3.63, 3.8) is 0 Å². The summed E-state index contributed by atoms with van der Waals surface area (Å²) in [6.07, 6.45) is 6.66. The summed E-state index contributed by atoms with van der Waals surface area (Å²) in [6, 6.07) is 5.57. The summed E-state index contributed by atoms with van der Waals surface area (Å²) in [5.41, 5.74) is 2.89. The number of pyridine rings is 1. The summed E-state index contributed by atoms with van der Waals surface area (Å²) in [5.74, 6) is 1.70. The molecule has 4 aromatic heterocycles. The van der Waals surface area contributed by atoms with Crippen LogP contribution in [0.1, 0.15) is 31.2 Å². The normalized spacial score (nSPS) is 12.7. The molecule has 1 N–H and O–H groups in total. The van der Waals surface area contributed by atoms with Crippen LogP contribution >= 0.6 is 11.9 Å². The average Bonchev–Trinajstić information content (AvgIpc) is 3.30. The Morgan fingerprint density at radius 2 is 1.71 bits per heavy atom. The van der Waals surface area contributed by atoms with Gasteiger partial charge in [0.2, 0.25) is 17.7 Å². The maximum atomic E-state index is 5.51. The first-order chi connectivity index (χ1) is 16.5. The lowest BCUT2D eigenvalue weighted by Crippen LogP contribution is -2.14. The van der Waals surface area contributed by atoms with Gasteiger partial charge < -0.3 is 9.47 Å². The molecule has 34 heavy (non-hydrogen) atoms. The second-order valence-electron chi connectivity index (χ2n) is 7.43. The van der Waals surface area contributed by atoms with Crippen LogP contribution in [-0.2, 0) is 0 Å². The molecule has 0 saturated carbocycles. The van der Waals surface area contributed by atoms with E-state index in [0.29, 0.717) is 34.9 Å². The summed E-state index contributed by atoms with van der Waals surface area (Å²) in [5, 5.41) is 8.91. The van der Waals surface area contributed by atoms with Crippen LogP contribution in [0.25, 0.3) is 17.2 Å². The fraction of sp³-hybridized carbons (Fsp3) is 0.318. The molecular formula is C22H25N9O2S. The number of anilines is 1. The minimum atomic E-state index is 0.135. The third kappa shape index (κ3) is 4.76. The zero-order valence-electron chi connectivity index (χ0n) is 19.5. The highest BCUT2D eigenvalue weighted by Gasteiger charge is 2.26. The van der Waals surface area contributed by atoms with Crippen LogP contribution < -0.4 is 14.2 Å². The number of hydrogen-bond acceptors (Lipinski definition) is 11. The summed E-state index contributed by atoms with van der Waals surface area (Å²) < 4.78 is 16.1. The molecule has 0 aliphatic carbocycles. The number of rotatable bonds is 9. The van der Waals surface area contributed by atoms with Gasteiger partial charge in [-0.05, 0) is 31.0 Å². The third-order valence-electron chi connectivity index (χ3n) is 5.23. The summed E-state index contributed by atoms with van der Waals surface area (Å²) >= 11 is 1.50. The van der Waals surface area contributed by atoms with Crippen LogP contribution in [0.4, 0.5) is 5.95 Å². The van der Waals surface area contributed by atoms with Gasteiger partial charge in [-0.2, -0.15) is 9.97 Å². The highest BCUT2D eigenvalue weighted by atomic mass is 32.2. The van der Waals surface area contributed by atoms with E-state index in [1.165, 1.54) is 32.5 Å². The molecule has 0 aromatic carbocycles. The van der Waals surface area contributed by atoms with Gasteiger partial charge in [0.15, 0.2) is 11.5 Å². The molecule has 176 valence electrons. The number of methoxy groups -OCH3 is 2. The van der Waals surface area contributed by atoms with Crippen molar-refractivity contribution in [1.82, 2.24) is 39.7 Å². The Kier molecular flexibility index (Phi) is 7.16. The molecule has 0 fully saturated rings. The van der Waals surface area contributed by atoms with Crippen LogP contribution in [0.5, 0.6) is 11.8 Å². The van der Waals surface area contributed by atoms with Gasteiger partial charge in [-0.3, -0.25) is 19.7 Å². The maximum absolute atomic E-state index is 5.51. The SMILES string of the molecule is COc1ncnc(OC)c1-n1c(NS[C@@H](C)C(C)c2cnc(C)cn2)nnc1-c1ccccn1. The van der Waals surface area contributed by atoms with E-state index in [1.54, 1.807) is 17.0 Å². The van der Waals surface area contributed by atoms with Crippen LogP contribution in [-0.4, -0.2) is 59.2 Å². The Labute approximate surface area is 201 Å². The van der Waals surface area contributed by atoms with Gasteiger partial charge in [-0.15, -0.1) is 10.2 Å². The van der Waals surface area contributed by atoms with E-state index in [9.17, 15) is 0 Å². The number of ether oxygens (including phenoxy) is 2. The molecule has 0 aliphatic heterocycles. The van der Waals surface area contributed by atoms with E-state index in [1.807, 2.05) is 31.3 Å². The van der Waals surface area contributed by atoms with Crippen molar-refractivity contribution in [2.45, 2.75) is 31.9 Å². The Morgan fingerprint density at radius 3 is 2.32 bits per heavy atom. The van der Waals surface area contributed by atoms with E-state index in [2.05, 4.69) is 53.7 Å². The average molecular weight is 480 g/mol. The first-order valence-electron chi connectivity index (χ1n) is 10.5. The lowest BCUT2D eigenvalue weighted by molar-refractivity contribution is 0.368. The molecule has 4 rings (SSSR count). The molecular weight excluding hydrogens is 454 g/mol. The third-order valence-corrected chi connectivity index (χ3v) is 6.31. The molecule has 2 atom stereocenters. The monoisotopic (exact) mass is 479 g/mol. The quantitative estimate of drug-likeness (QED) is 0.355. The molecule has 0 radical (unpaired) electrons. The Bertz CT molecular complexity index is 1210. The van der Waals surface area contributed by atoms with Crippen molar-refractivity contribution in [2.24, 2.45) is 0 Å². The first kappa shape index (κ1) is 23.4. The summed E-state index contributed by atoms with van der Waals surface area (Å²) in [6.45, 7) is 6.14. The lowest BCUT2D eigenvalue weighted by atomic mass is 10.1. The minimum Gasteiger partial charge on any atom is -0.479 e. The van der Waals surface area contributed by atoms with Gasteiger partial charge in [0.05, 0.1) is 25.6 Å². The van der Waals surface area contributed by atoms with Crippen molar-refractivity contribution in [3.05, 3.63) is 54.5 Å². The van der Waals surface area contributed by atoms with E-state index in [4.69, 9.17) is 9.47 Å². The molecule has 4 heterocycles.